The van der Waals surface area contributed by atoms with Crippen molar-refractivity contribution in [1.29, 1.82) is 0 Å². The van der Waals surface area contributed by atoms with Gasteiger partial charge in [-0.1, -0.05) is 5.16 Å². The second-order valence-corrected chi connectivity index (χ2v) is 5.97. The highest BCUT2D eigenvalue weighted by Gasteiger charge is 2.29. The summed E-state index contributed by atoms with van der Waals surface area (Å²) in [6, 6.07) is 10.7. The molecule has 28 heavy (non-hydrogen) atoms. The number of hydrogen-bond acceptors (Lipinski definition) is 7. The van der Waals surface area contributed by atoms with Crippen LogP contribution in [0.1, 0.15) is 12.0 Å². The van der Waals surface area contributed by atoms with Gasteiger partial charge in [-0.2, -0.15) is 0 Å². The lowest BCUT2D eigenvalue weighted by Crippen LogP contribution is -2.28. The maximum Gasteiger partial charge on any atom is 0.268 e. The van der Waals surface area contributed by atoms with Gasteiger partial charge < -0.3 is 29.1 Å². The predicted molar refractivity (Wildman–Crippen MR) is 104 cm³/mol. The van der Waals surface area contributed by atoms with Crippen LogP contribution >= 0.6 is 0 Å². The number of benzene rings is 2. The Morgan fingerprint density at radius 2 is 1.64 bits per heavy atom. The third-order valence-electron chi connectivity index (χ3n) is 4.32. The van der Waals surface area contributed by atoms with Crippen LogP contribution in [-0.2, 0) is 9.63 Å². The number of nitrogens with zero attached hydrogens (tertiary/aromatic N) is 1. The zero-order valence-electron chi connectivity index (χ0n) is 16.1. The molecule has 0 bridgehead atoms. The topological polar surface area (TPSA) is 87.6 Å². The Morgan fingerprint density at radius 1 is 1.00 bits per heavy atom. The van der Waals surface area contributed by atoms with Crippen molar-refractivity contribution in [1.82, 2.24) is 0 Å². The number of amides is 1. The first-order valence-electron chi connectivity index (χ1n) is 8.57. The summed E-state index contributed by atoms with van der Waals surface area (Å²) in [5.41, 5.74) is 2.08. The van der Waals surface area contributed by atoms with Crippen molar-refractivity contribution in [3.63, 3.8) is 0 Å². The van der Waals surface area contributed by atoms with Crippen molar-refractivity contribution in [3.05, 3.63) is 42.0 Å². The largest absolute Gasteiger partial charge is 0.497 e. The highest BCUT2D eigenvalue weighted by Crippen LogP contribution is 2.40. The number of oxime groups is 1. The van der Waals surface area contributed by atoms with E-state index in [0.717, 1.165) is 11.3 Å². The molecule has 1 aliphatic rings. The van der Waals surface area contributed by atoms with Gasteiger partial charge in [0.15, 0.2) is 11.5 Å². The minimum absolute atomic E-state index is 0.318. The molecule has 1 N–H and O–H groups in total. The molecule has 1 aliphatic heterocycles. The van der Waals surface area contributed by atoms with E-state index in [1.54, 1.807) is 19.2 Å². The molecule has 1 unspecified atom stereocenters. The molecule has 3 rings (SSSR count). The van der Waals surface area contributed by atoms with Crippen LogP contribution in [0.4, 0.5) is 5.69 Å². The van der Waals surface area contributed by atoms with Gasteiger partial charge in [-0.25, -0.2) is 0 Å². The Labute approximate surface area is 163 Å². The average molecular weight is 386 g/mol. The number of methoxy groups -OCH3 is 4. The second-order valence-electron chi connectivity index (χ2n) is 5.97. The molecule has 0 saturated heterocycles. The molecule has 0 spiro atoms. The normalized spacial score (nSPS) is 15.3. The molecule has 1 amide bonds. The van der Waals surface area contributed by atoms with Crippen LogP contribution in [0.2, 0.25) is 0 Å². The van der Waals surface area contributed by atoms with Crippen molar-refractivity contribution in [3.8, 4) is 23.0 Å². The van der Waals surface area contributed by atoms with Crippen molar-refractivity contribution in [2.45, 2.75) is 12.5 Å². The van der Waals surface area contributed by atoms with E-state index in [9.17, 15) is 4.79 Å². The average Bonchev–Trinajstić information content (AvgIpc) is 3.23. The lowest BCUT2D eigenvalue weighted by atomic mass is 10.0. The number of hydrogen-bond donors (Lipinski definition) is 1. The Balaban J connectivity index is 1.69. The SMILES string of the molecule is COc1ccc(C2=NOC(C(=O)Nc3cc(OC)c(OC)c(OC)c3)C2)cc1. The molecule has 0 aliphatic carbocycles. The van der Waals surface area contributed by atoms with E-state index in [1.807, 2.05) is 24.3 Å². The van der Waals surface area contributed by atoms with Gasteiger partial charge >= 0.3 is 0 Å². The summed E-state index contributed by atoms with van der Waals surface area (Å²) in [6.07, 6.45) is -0.362. The fraction of sp³-hybridized carbons (Fsp3) is 0.300. The number of rotatable bonds is 7. The smallest absolute Gasteiger partial charge is 0.268 e. The first kappa shape index (κ1) is 19.3. The maximum absolute atomic E-state index is 12.6. The molecule has 8 nitrogen and oxygen atoms in total. The van der Waals surface area contributed by atoms with Crippen LogP contribution in [0.5, 0.6) is 23.0 Å². The van der Waals surface area contributed by atoms with Gasteiger partial charge in [-0.15, -0.1) is 0 Å². The highest BCUT2D eigenvalue weighted by molar-refractivity contribution is 6.06. The molecule has 0 fully saturated rings. The molecule has 1 atom stereocenters. The van der Waals surface area contributed by atoms with E-state index < -0.39 is 6.10 Å². The van der Waals surface area contributed by atoms with Crippen molar-refractivity contribution >= 4 is 17.3 Å². The van der Waals surface area contributed by atoms with Crippen LogP contribution in [-0.4, -0.2) is 46.2 Å². The van der Waals surface area contributed by atoms with E-state index in [4.69, 9.17) is 23.8 Å². The van der Waals surface area contributed by atoms with Crippen molar-refractivity contribution in [2.24, 2.45) is 5.16 Å². The Morgan fingerprint density at radius 3 is 2.18 bits per heavy atom. The van der Waals surface area contributed by atoms with Gasteiger partial charge in [-0.05, 0) is 29.8 Å². The van der Waals surface area contributed by atoms with Gasteiger partial charge in [-0.3, -0.25) is 4.79 Å². The van der Waals surface area contributed by atoms with Gasteiger partial charge in [0, 0.05) is 24.2 Å². The van der Waals surface area contributed by atoms with Crippen molar-refractivity contribution in [2.75, 3.05) is 33.8 Å². The van der Waals surface area contributed by atoms with Gasteiger partial charge in [0.05, 0.1) is 34.2 Å². The molecule has 0 radical (unpaired) electrons. The number of anilines is 1. The molecule has 0 saturated carbocycles. The molecule has 8 heteroatoms. The van der Waals surface area contributed by atoms with Crippen LogP contribution < -0.4 is 24.3 Å². The van der Waals surface area contributed by atoms with E-state index in [-0.39, 0.29) is 5.91 Å². The molecule has 0 aromatic heterocycles. The van der Waals surface area contributed by atoms with Crippen LogP contribution in [0, 0.1) is 0 Å². The first-order valence-corrected chi connectivity index (χ1v) is 8.57. The molecular formula is C20H22N2O6. The number of ether oxygens (including phenoxy) is 4. The zero-order valence-corrected chi connectivity index (χ0v) is 16.1. The lowest BCUT2D eigenvalue weighted by Gasteiger charge is -2.15. The van der Waals surface area contributed by atoms with E-state index in [0.29, 0.717) is 35.1 Å². The molecule has 1 heterocycles. The summed E-state index contributed by atoms with van der Waals surface area (Å²) in [5, 5.41) is 6.85. The van der Waals surface area contributed by atoms with Crippen LogP contribution in [0.3, 0.4) is 0 Å². The van der Waals surface area contributed by atoms with E-state index >= 15 is 0 Å². The zero-order chi connectivity index (χ0) is 20.1. The van der Waals surface area contributed by atoms with Gasteiger partial charge in [0.1, 0.15) is 5.75 Å². The fourth-order valence-electron chi connectivity index (χ4n) is 2.85. The van der Waals surface area contributed by atoms with Gasteiger partial charge in [0.2, 0.25) is 11.9 Å². The molecule has 148 valence electrons. The number of carbonyl (C=O) groups is 1. The standard InChI is InChI=1S/C20H22N2O6/c1-24-14-7-5-12(6-8-14)15-11-18(28-22-15)20(23)21-13-9-16(25-2)19(27-4)17(10-13)26-3/h5-10,18H,11H2,1-4H3,(H,21,23). The minimum Gasteiger partial charge on any atom is -0.497 e. The Kier molecular flexibility index (Phi) is 5.88. The first-order chi connectivity index (χ1) is 13.6. The minimum atomic E-state index is -0.726. The molecular weight excluding hydrogens is 364 g/mol. The van der Waals surface area contributed by atoms with Crippen LogP contribution in [0.25, 0.3) is 0 Å². The quantitative estimate of drug-likeness (QED) is 0.787. The second kappa shape index (κ2) is 8.51. The maximum atomic E-state index is 12.6. The van der Waals surface area contributed by atoms with Crippen LogP contribution in [0.15, 0.2) is 41.6 Å². The molecule has 2 aromatic carbocycles. The highest BCUT2D eigenvalue weighted by atomic mass is 16.6. The third kappa shape index (κ3) is 3.95. The van der Waals surface area contributed by atoms with E-state index in [1.165, 1.54) is 21.3 Å². The summed E-state index contributed by atoms with van der Waals surface area (Å²) in [5.74, 6) is 1.77. The predicted octanol–water partition coefficient (Wildman–Crippen LogP) is 2.85. The number of nitrogens with one attached hydrogen (secondary N) is 1. The summed E-state index contributed by atoms with van der Waals surface area (Å²) in [7, 11) is 6.15. The summed E-state index contributed by atoms with van der Waals surface area (Å²) in [6.45, 7) is 0. The Bertz CT molecular complexity index is 854. The molecule has 2 aromatic rings. The van der Waals surface area contributed by atoms with E-state index in [2.05, 4.69) is 10.5 Å². The lowest BCUT2D eigenvalue weighted by molar-refractivity contribution is -0.125. The fourth-order valence-corrected chi connectivity index (χ4v) is 2.85. The summed E-state index contributed by atoms with van der Waals surface area (Å²) in [4.78, 5) is 17.9. The van der Waals surface area contributed by atoms with Gasteiger partial charge in [0.25, 0.3) is 5.91 Å². The Hall–Kier alpha value is -3.42. The number of carbonyl (C=O) groups excluding carboxylic acids is 1. The van der Waals surface area contributed by atoms with Crippen molar-refractivity contribution < 1.29 is 28.6 Å². The third-order valence-corrected chi connectivity index (χ3v) is 4.32. The monoisotopic (exact) mass is 386 g/mol. The summed E-state index contributed by atoms with van der Waals surface area (Å²) >= 11 is 0. The summed E-state index contributed by atoms with van der Waals surface area (Å²) < 4.78 is 21.0.